The van der Waals surface area contributed by atoms with Gasteiger partial charge in [-0.1, -0.05) is 12.1 Å². The number of anilines is 1. The molecule has 0 aliphatic carbocycles. The van der Waals surface area contributed by atoms with Gasteiger partial charge in [0, 0.05) is 12.2 Å². The van der Waals surface area contributed by atoms with Gasteiger partial charge in [-0.2, -0.15) is 0 Å². The number of ether oxygens (including phenoxy) is 1. The predicted octanol–water partition coefficient (Wildman–Crippen LogP) is 2.46. The number of hydrogen-bond donors (Lipinski definition) is 1. The molecule has 21 heavy (non-hydrogen) atoms. The fraction of sp³-hybridized carbons (Fsp3) is 0.533. The summed E-state index contributed by atoms with van der Waals surface area (Å²) in [4.78, 5) is 13.6. The maximum absolute atomic E-state index is 11.9. The first-order valence-corrected chi connectivity index (χ1v) is 6.80. The Hall–Kier alpha value is -1.53. The van der Waals surface area contributed by atoms with Gasteiger partial charge in [-0.15, -0.1) is 0 Å². The zero-order valence-electron chi connectivity index (χ0n) is 12.7. The minimum atomic E-state index is -2.46. The molecular formula is C15H22F2N2O2. The summed E-state index contributed by atoms with van der Waals surface area (Å²) in [7, 11) is 1.74. The van der Waals surface area contributed by atoms with Crippen molar-refractivity contribution in [2.45, 2.75) is 20.3 Å². The van der Waals surface area contributed by atoms with Gasteiger partial charge < -0.3 is 10.1 Å². The molecule has 0 aromatic heterocycles. The lowest BCUT2D eigenvalue weighted by atomic mass is 10.1. The van der Waals surface area contributed by atoms with Gasteiger partial charge in [-0.05, 0) is 38.1 Å². The van der Waals surface area contributed by atoms with Crippen molar-refractivity contribution in [3.05, 3.63) is 29.3 Å². The number of carbonyl (C=O) groups is 1. The quantitative estimate of drug-likeness (QED) is 0.750. The van der Waals surface area contributed by atoms with Crippen LogP contribution in [0, 0.1) is 13.8 Å². The van der Waals surface area contributed by atoms with Gasteiger partial charge in [0.2, 0.25) is 5.91 Å². The smallest absolute Gasteiger partial charge is 0.261 e. The van der Waals surface area contributed by atoms with Gasteiger partial charge in [0.1, 0.15) is 6.61 Å². The fourth-order valence-corrected chi connectivity index (χ4v) is 1.79. The monoisotopic (exact) mass is 300 g/mol. The Labute approximate surface area is 124 Å². The van der Waals surface area contributed by atoms with Crippen LogP contribution in [0.25, 0.3) is 0 Å². The first-order valence-electron chi connectivity index (χ1n) is 6.80. The zero-order valence-corrected chi connectivity index (χ0v) is 12.7. The third-order valence-corrected chi connectivity index (χ3v) is 3.15. The SMILES string of the molecule is Cc1cccc(NC(=O)CN(C)CCOCC(F)F)c1C. The van der Waals surface area contributed by atoms with Gasteiger partial charge in [0.25, 0.3) is 6.43 Å². The molecule has 0 saturated heterocycles. The highest BCUT2D eigenvalue weighted by molar-refractivity contribution is 5.93. The summed E-state index contributed by atoms with van der Waals surface area (Å²) in [6, 6.07) is 5.73. The van der Waals surface area contributed by atoms with Crippen LogP contribution in [0.4, 0.5) is 14.5 Å². The Bertz CT molecular complexity index is 467. The molecular weight excluding hydrogens is 278 g/mol. The van der Waals surface area contributed by atoms with E-state index < -0.39 is 13.0 Å². The van der Waals surface area contributed by atoms with Crippen LogP contribution >= 0.6 is 0 Å². The molecule has 0 aliphatic rings. The lowest BCUT2D eigenvalue weighted by Gasteiger charge is -2.17. The number of aryl methyl sites for hydroxylation is 1. The van der Waals surface area contributed by atoms with Crippen LogP contribution in [-0.2, 0) is 9.53 Å². The molecule has 1 aromatic rings. The van der Waals surface area contributed by atoms with Gasteiger partial charge in [0.15, 0.2) is 0 Å². The number of amides is 1. The van der Waals surface area contributed by atoms with Crippen LogP contribution < -0.4 is 5.32 Å². The largest absolute Gasteiger partial charge is 0.374 e. The number of hydrogen-bond acceptors (Lipinski definition) is 3. The van der Waals surface area contributed by atoms with E-state index in [2.05, 4.69) is 5.32 Å². The van der Waals surface area contributed by atoms with Crippen LogP contribution in [0.2, 0.25) is 0 Å². The highest BCUT2D eigenvalue weighted by Gasteiger charge is 2.09. The van der Waals surface area contributed by atoms with Crippen molar-refractivity contribution in [2.24, 2.45) is 0 Å². The van der Waals surface area contributed by atoms with E-state index in [0.29, 0.717) is 6.54 Å². The number of halogens is 2. The van der Waals surface area contributed by atoms with Crippen molar-refractivity contribution in [3.63, 3.8) is 0 Å². The minimum Gasteiger partial charge on any atom is -0.374 e. The van der Waals surface area contributed by atoms with Gasteiger partial charge in [-0.25, -0.2) is 8.78 Å². The number of nitrogens with zero attached hydrogens (tertiary/aromatic N) is 1. The van der Waals surface area contributed by atoms with Crippen LogP contribution in [0.1, 0.15) is 11.1 Å². The maximum Gasteiger partial charge on any atom is 0.261 e. The van der Waals surface area contributed by atoms with Crippen LogP contribution in [0.15, 0.2) is 18.2 Å². The maximum atomic E-state index is 11.9. The number of benzene rings is 1. The molecule has 1 amide bonds. The topological polar surface area (TPSA) is 41.6 Å². The van der Waals surface area contributed by atoms with E-state index in [1.807, 2.05) is 32.0 Å². The molecule has 0 atom stereocenters. The van der Waals surface area contributed by atoms with Gasteiger partial charge in [0.05, 0.1) is 13.2 Å². The molecule has 0 saturated carbocycles. The molecule has 6 heteroatoms. The van der Waals surface area contributed by atoms with Gasteiger partial charge >= 0.3 is 0 Å². The molecule has 1 N–H and O–H groups in total. The Morgan fingerprint density at radius 1 is 1.38 bits per heavy atom. The van der Waals surface area contributed by atoms with Crippen molar-refractivity contribution in [1.29, 1.82) is 0 Å². The summed E-state index contributed by atoms with van der Waals surface area (Å²) in [5, 5.41) is 2.85. The first kappa shape index (κ1) is 17.5. The number of alkyl halides is 2. The molecule has 0 fully saturated rings. The summed E-state index contributed by atoms with van der Waals surface area (Å²) >= 11 is 0. The molecule has 1 rings (SSSR count). The van der Waals surface area contributed by atoms with E-state index in [9.17, 15) is 13.6 Å². The third-order valence-electron chi connectivity index (χ3n) is 3.15. The summed E-state index contributed by atoms with van der Waals surface area (Å²) < 4.78 is 28.5. The average molecular weight is 300 g/mol. The second-order valence-electron chi connectivity index (χ2n) is 5.00. The molecule has 118 valence electrons. The third kappa shape index (κ3) is 6.64. The van der Waals surface area contributed by atoms with Crippen molar-refractivity contribution >= 4 is 11.6 Å². The summed E-state index contributed by atoms with van der Waals surface area (Å²) in [6.45, 7) is 4.16. The Balaban J connectivity index is 2.34. The van der Waals surface area contributed by atoms with Crippen molar-refractivity contribution in [1.82, 2.24) is 4.90 Å². The Morgan fingerprint density at radius 3 is 2.76 bits per heavy atom. The molecule has 0 aliphatic heterocycles. The van der Waals surface area contributed by atoms with E-state index in [0.717, 1.165) is 16.8 Å². The summed E-state index contributed by atoms with van der Waals surface area (Å²) in [5.41, 5.74) is 2.94. The normalized spacial score (nSPS) is 11.2. The van der Waals surface area contributed by atoms with Crippen LogP contribution in [0.3, 0.4) is 0 Å². The van der Waals surface area contributed by atoms with E-state index in [1.165, 1.54) is 0 Å². The van der Waals surface area contributed by atoms with E-state index in [4.69, 9.17) is 4.74 Å². The lowest BCUT2D eigenvalue weighted by Crippen LogP contribution is -2.33. The summed E-state index contributed by atoms with van der Waals surface area (Å²) in [6.07, 6.45) is -2.46. The molecule has 0 heterocycles. The zero-order chi connectivity index (χ0) is 15.8. The van der Waals surface area contributed by atoms with Crippen molar-refractivity contribution < 1.29 is 18.3 Å². The number of carbonyl (C=O) groups excluding carboxylic acids is 1. The number of rotatable bonds is 8. The van der Waals surface area contributed by atoms with E-state index in [1.54, 1.807) is 11.9 Å². The Morgan fingerprint density at radius 2 is 2.10 bits per heavy atom. The molecule has 0 radical (unpaired) electrons. The highest BCUT2D eigenvalue weighted by atomic mass is 19.3. The molecule has 4 nitrogen and oxygen atoms in total. The van der Waals surface area contributed by atoms with Crippen molar-refractivity contribution in [2.75, 3.05) is 38.7 Å². The first-order chi connectivity index (χ1) is 9.90. The predicted molar refractivity (Wildman–Crippen MR) is 78.9 cm³/mol. The van der Waals surface area contributed by atoms with Gasteiger partial charge in [-0.3, -0.25) is 9.69 Å². The van der Waals surface area contributed by atoms with E-state index >= 15 is 0 Å². The fourth-order valence-electron chi connectivity index (χ4n) is 1.79. The lowest BCUT2D eigenvalue weighted by molar-refractivity contribution is -0.117. The standard InChI is InChI=1S/C15H22F2N2O2/c1-11-5-4-6-13(12(11)2)18-15(20)9-19(3)7-8-21-10-14(16)17/h4-6,14H,7-10H2,1-3H3,(H,18,20). The molecule has 0 unspecified atom stereocenters. The number of likely N-dealkylation sites (N-methyl/N-ethyl adjacent to an activating group) is 1. The van der Waals surface area contributed by atoms with Crippen LogP contribution in [-0.4, -0.2) is 50.6 Å². The highest BCUT2D eigenvalue weighted by Crippen LogP contribution is 2.17. The molecule has 0 spiro atoms. The van der Waals surface area contributed by atoms with Crippen LogP contribution in [0.5, 0.6) is 0 Å². The second-order valence-corrected chi connectivity index (χ2v) is 5.00. The van der Waals surface area contributed by atoms with Crippen molar-refractivity contribution in [3.8, 4) is 0 Å². The molecule has 1 aromatic carbocycles. The summed E-state index contributed by atoms with van der Waals surface area (Å²) in [5.74, 6) is -0.139. The Kier molecular flexibility index (Phi) is 7.25. The second kappa shape index (κ2) is 8.69. The molecule has 0 bridgehead atoms. The number of nitrogens with one attached hydrogen (secondary N) is 1. The average Bonchev–Trinajstić information content (AvgIpc) is 2.40. The minimum absolute atomic E-state index is 0.139. The van der Waals surface area contributed by atoms with E-state index in [-0.39, 0.29) is 19.1 Å².